The van der Waals surface area contributed by atoms with Gasteiger partial charge >= 0.3 is 29.6 Å². The summed E-state index contributed by atoms with van der Waals surface area (Å²) in [5.74, 6) is -0.315. The minimum Gasteiger partial charge on any atom is -0.550 e. The van der Waals surface area contributed by atoms with Crippen LogP contribution in [0.2, 0.25) is 0 Å². The molecule has 0 atom stereocenters. The Hall–Kier alpha value is -0.510. The van der Waals surface area contributed by atoms with Crippen LogP contribution in [0.15, 0.2) is 18.2 Å². The number of carboxylic acid groups (broad SMARTS) is 1. The number of carbonyl (C=O) groups excluding carboxylic acids is 1. The molecular weight excluding hydrogens is 203 g/mol. The molecule has 0 aliphatic rings. The summed E-state index contributed by atoms with van der Waals surface area (Å²) in [5, 5.41) is 10.2. The molecule has 15 heavy (non-hydrogen) atoms. The normalized spacial score (nSPS) is 9.20. The fraction of sp³-hybridized carbons (Fsp3) is 0.364. The van der Waals surface area contributed by atoms with Gasteiger partial charge in [-0.15, -0.1) is 0 Å². The van der Waals surface area contributed by atoms with Crippen molar-refractivity contribution in [2.45, 2.75) is 20.3 Å². The van der Waals surface area contributed by atoms with Gasteiger partial charge in [-0.05, 0) is 25.0 Å². The molecule has 1 rings (SSSR count). The second kappa shape index (κ2) is 6.88. The molecule has 1 aromatic carbocycles. The second-order valence-corrected chi connectivity index (χ2v) is 3.19. The van der Waals surface area contributed by atoms with Crippen molar-refractivity contribution in [3.8, 4) is 5.75 Å². The van der Waals surface area contributed by atoms with Crippen molar-refractivity contribution in [1.82, 2.24) is 0 Å². The van der Waals surface area contributed by atoms with Crippen LogP contribution in [0.1, 0.15) is 17.5 Å². The van der Waals surface area contributed by atoms with Crippen LogP contribution in [0.5, 0.6) is 5.75 Å². The predicted molar refractivity (Wildman–Crippen MR) is 51.0 cm³/mol. The zero-order chi connectivity index (χ0) is 10.6. The number of ether oxygens (including phenoxy) is 1. The van der Waals surface area contributed by atoms with Gasteiger partial charge in [-0.2, -0.15) is 0 Å². The fourth-order valence-electron chi connectivity index (χ4n) is 1.26. The van der Waals surface area contributed by atoms with E-state index in [-0.39, 0.29) is 42.6 Å². The minimum atomic E-state index is -1.09. The van der Waals surface area contributed by atoms with Gasteiger partial charge in [0.15, 0.2) is 0 Å². The maximum Gasteiger partial charge on any atom is 1.00 e. The molecular formula is C11H13NaO3. The van der Waals surface area contributed by atoms with E-state index >= 15 is 0 Å². The van der Waals surface area contributed by atoms with E-state index in [1.807, 2.05) is 32.0 Å². The number of carboxylic acids is 1. The van der Waals surface area contributed by atoms with Gasteiger partial charge < -0.3 is 14.6 Å². The van der Waals surface area contributed by atoms with Crippen LogP contribution >= 0.6 is 0 Å². The molecule has 3 nitrogen and oxygen atoms in total. The Balaban J connectivity index is 0.00000196. The Kier molecular flexibility index (Phi) is 6.65. The number of hydrogen-bond donors (Lipinski definition) is 0. The van der Waals surface area contributed by atoms with Crippen molar-refractivity contribution < 1.29 is 44.2 Å². The van der Waals surface area contributed by atoms with E-state index < -0.39 is 5.97 Å². The molecule has 0 N–H and O–H groups in total. The van der Waals surface area contributed by atoms with E-state index in [1.54, 1.807) is 0 Å². The topological polar surface area (TPSA) is 49.4 Å². The van der Waals surface area contributed by atoms with Gasteiger partial charge in [0.25, 0.3) is 0 Å². The molecule has 0 fully saturated rings. The molecule has 0 unspecified atom stereocenters. The van der Waals surface area contributed by atoms with E-state index in [4.69, 9.17) is 4.74 Å². The quantitative estimate of drug-likeness (QED) is 0.538. The van der Waals surface area contributed by atoms with Gasteiger partial charge in [0, 0.05) is 12.4 Å². The van der Waals surface area contributed by atoms with E-state index in [9.17, 15) is 9.90 Å². The predicted octanol–water partition coefficient (Wildman–Crippen LogP) is -2.17. The number of carbonyl (C=O) groups is 1. The number of para-hydroxylation sites is 1. The SMILES string of the molecule is Cc1cccc(C)c1OCCC(=O)[O-].[Na+]. The van der Waals surface area contributed by atoms with Gasteiger partial charge in [-0.1, -0.05) is 18.2 Å². The first-order chi connectivity index (χ1) is 6.61. The Morgan fingerprint density at radius 3 is 2.33 bits per heavy atom. The molecule has 4 heteroatoms. The second-order valence-electron chi connectivity index (χ2n) is 3.19. The van der Waals surface area contributed by atoms with Gasteiger partial charge in [0.2, 0.25) is 0 Å². The van der Waals surface area contributed by atoms with Gasteiger partial charge in [-0.25, -0.2) is 0 Å². The summed E-state index contributed by atoms with van der Waals surface area (Å²) in [7, 11) is 0. The summed E-state index contributed by atoms with van der Waals surface area (Å²) < 4.78 is 5.36. The third kappa shape index (κ3) is 4.69. The van der Waals surface area contributed by atoms with Crippen LogP contribution in [-0.4, -0.2) is 12.6 Å². The molecule has 0 aliphatic heterocycles. The van der Waals surface area contributed by atoms with Crippen LogP contribution in [-0.2, 0) is 4.79 Å². The van der Waals surface area contributed by atoms with Gasteiger partial charge in [0.05, 0.1) is 6.61 Å². The number of hydrogen-bond acceptors (Lipinski definition) is 3. The molecule has 0 radical (unpaired) electrons. The van der Waals surface area contributed by atoms with Crippen LogP contribution < -0.4 is 39.4 Å². The maximum atomic E-state index is 10.2. The first kappa shape index (κ1) is 14.5. The maximum absolute atomic E-state index is 10.2. The summed E-state index contributed by atoms with van der Waals surface area (Å²) in [5.41, 5.74) is 2.03. The third-order valence-electron chi connectivity index (χ3n) is 1.96. The van der Waals surface area contributed by atoms with E-state index in [0.29, 0.717) is 0 Å². The molecule has 0 saturated heterocycles. The van der Waals surface area contributed by atoms with Crippen molar-refractivity contribution in [3.63, 3.8) is 0 Å². The van der Waals surface area contributed by atoms with E-state index in [1.165, 1.54) is 0 Å². The first-order valence-electron chi connectivity index (χ1n) is 4.50. The Labute approximate surface area is 112 Å². The average Bonchev–Trinajstić information content (AvgIpc) is 2.09. The van der Waals surface area contributed by atoms with Crippen LogP contribution in [0.4, 0.5) is 0 Å². The number of aliphatic carboxylic acids is 1. The summed E-state index contributed by atoms with van der Waals surface area (Å²) >= 11 is 0. The van der Waals surface area contributed by atoms with Crippen molar-refractivity contribution in [2.24, 2.45) is 0 Å². The summed E-state index contributed by atoms with van der Waals surface area (Å²) in [6, 6.07) is 5.80. The standard InChI is InChI=1S/C11H14O3.Na/c1-8-4-3-5-9(2)11(8)14-7-6-10(12)13;/h3-5H,6-7H2,1-2H3,(H,12,13);/q;+1/p-1. The van der Waals surface area contributed by atoms with Gasteiger partial charge in [-0.3, -0.25) is 0 Å². The number of benzene rings is 1. The minimum absolute atomic E-state index is 0. The van der Waals surface area contributed by atoms with E-state index in [0.717, 1.165) is 16.9 Å². The average molecular weight is 216 g/mol. The van der Waals surface area contributed by atoms with Crippen molar-refractivity contribution in [2.75, 3.05) is 6.61 Å². The number of aryl methyl sites for hydroxylation is 2. The fourth-order valence-corrected chi connectivity index (χ4v) is 1.26. The molecule has 0 saturated carbocycles. The largest absolute Gasteiger partial charge is 1.00 e. The zero-order valence-electron chi connectivity index (χ0n) is 9.37. The molecule has 0 aliphatic carbocycles. The van der Waals surface area contributed by atoms with Crippen molar-refractivity contribution >= 4 is 5.97 Å². The molecule has 0 spiro atoms. The Morgan fingerprint density at radius 1 is 1.33 bits per heavy atom. The van der Waals surface area contributed by atoms with Crippen molar-refractivity contribution in [3.05, 3.63) is 29.3 Å². The van der Waals surface area contributed by atoms with E-state index in [2.05, 4.69) is 0 Å². The first-order valence-corrected chi connectivity index (χ1v) is 4.50. The number of rotatable bonds is 4. The Bertz CT molecular complexity index is 316. The van der Waals surface area contributed by atoms with Gasteiger partial charge in [0.1, 0.15) is 5.75 Å². The summed E-state index contributed by atoms with van der Waals surface area (Å²) in [4.78, 5) is 10.2. The summed E-state index contributed by atoms with van der Waals surface area (Å²) in [6.45, 7) is 4.02. The van der Waals surface area contributed by atoms with Crippen molar-refractivity contribution in [1.29, 1.82) is 0 Å². The zero-order valence-corrected chi connectivity index (χ0v) is 11.4. The molecule has 0 heterocycles. The van der Waals surface area contributed by atoms with Crippen LogP contribution in [0.25, 0.3) is 0 Å². The smallest absolute Gasteiger partial charge is 0.550 e. The molecule has 1 aromatic rings. The Morgan fingerprint density at radius 2 is 1.87 bits per heavy atom. The van der Waals surface area contributed by atoms with Crippen LogP contribution in [0.3, 0.4) is 0 Å². The molecule has 0 bridgehead atoms. The molecule has 0 amide bonds. The van der Waals surface area contributed by atoms with Crippen LogP contribution in [0, 0.1) is 13.8 Å². The molecule has 76 valence electrons. The molecule has 0 aromatic heterocycles. The third-order valence-corrected chi connectivity index (χ3v) is 1.96. The summed E-state index contributed by atoms with van der Waals surface area (Å²) in [6.07, 6.45) is -0.0756. The monoisotopic (exact) mass is 216 g/mol.